The van der Waals surface area contributed by atoms with Gasteiger partial charge in [0.15, 0.2) is 0 Å². The van der Waals surface area contributed by atoms with Gasteiger partial charge >= 0.3 is 0 Å². The number of nitrogens with two attached hydrogens (primary N) is 1. The molecule has 0 aliphatic carbocycles. The maximum absolute atomic E-state index is 12.9. The Bertz CT molecular complexity index is 426. The van der Waals surface area contributed by atoms with E-state index in [2.05, 4.69) is 5.32 Å². The Morgan fingerprint density at radius 1 is 1.59 bits per heavy atom. The molecular weight excluding hydrogens is 221 g/mol. The highest BCUT2D eigenvalue weighted by Gasteiger charge is 2.35. The van der Waals surface area contributed by atoms with Crippen LogP contribution in [-0.4, -0.2) is 36.0 Å². The summed E-state index contributed by atoms with van der Waals surface area (Å²) in [6, 6.07) is 5.85. The van der Waals surface area contributed by atoms with Gasteiger partial charge in [-0.15, -0.1) is 0 Å². The topological polar surface area (TPSA) is 58.4 Å². The number of carbonyl (C=O) groups excluding carboxylic acids is 1. The monoisotopic (exact) mass is 237 g/mol. The SMILES string of the molecule is CC1(N)CN(CC(=O)Nc2cccc(F)c2)C1. The van der Waals surface area contributed by atoms with Crippen molar-refractivity contribution in [2.45, 2.75) is 12.5 Å². The summed E-state index contributed by atoms with van der Waals surface area (Å²) in [5.74, 6) is -0.507. The fourth-order valence-corrected chi connectivity index (χ4v) is 2.06. The first-order chi connectivity index (χ1) is 7.94. The first kappa shape index (κ1) is 12.0. The first-order valence-electron chi connectivity index (χ1n) is 5.51. The molecule has 5 heteroatoms. The smallest absolute Gasteiger partial charge is 0.238 e. The van der Waals surface area contributed by atoms with Crippen LogP contribution in [0.5, 0.6) is 0 Å². The first-order valence-corrected chi connectivity index (χ1v) is 5.51. The molecule has 1 fully saturated rings. The molecule has 1 aliphatic heterocycles. The van der Waals surface area contributed by atoms with Gasteiger partial charge in [-0.3, -0.25) is 9.69 Å². The minimum absolute atomic E-state index is 0.147. The Labute approximate surface area is 99.6 Å². The summed E-state index contributed by atoms with van der Waals surface area (Å²) in [6.07, 6.45) is 0. The molecule has 0 spiro atoms. The molecular formula is C12H16FN3O. The van der Waals surface area contributed by atoms with Gasteiger partial charge in [-0.1, -0.05) is 6.07 Å². The number of anilines is 1. The van der Waals surface area contributed by atoms with Crippen LogP contribution in [0.25, 0.3) is 0 Å². The zero-order chi connectivity index (χ0) is 12.5. The van der Waals surface area contributed by atoms with E-state index in [1.54, 1.807) is 12.1 Å². The zero-order valence-electron chi connectivity index (χ0n) is 9.74. The van der Waals surface area contributed by atoms with Crippen molar-refractivity contribution in [3.05, 3.63) is 30.1 Å². The van der Waals surface area contributed by atoms with Crippen molar-refractivity contribution in [3.63, 3.8) is 0 Å². The molecule has 4 nitrogen and oxygen atoms in total. The Morgan fingerprint density at radius 3 is 2.88 bits per heavy atom. The van der Waals surface area contributed by atoms with Crippen LogP contribution >= 0.6 is 0 Å². The van der Waals surface area contributed by atoms with Crippen LogP contribution in [0.2, 0.25) is 0 Å². The molecule has 1 aliphatic rings. The zero-order valence-corrected chi connectivity index (χ0v) is 9.74. The summed E-state index contributed by atoms with van der Waals surface area (Å²) < 4.78 is 12.9. The average molecular weight is 237 g/mol. The largest absolute Gasteiger partial charge is 0.325 e. The molecule has 1 saturated heterocycles. The lowest BCUT2D eigenvalue weighted by Crippen LogP contribution is -2.66. The molecule has 0 bridgehead atoms. The average Bonchev–Trinajstić information content (AvgIpc) is 2.14. The molecule has 3 N–H and O–H groups in total. The second kappa shape index (κ2) is 4.43. The van der Waals surface area contributed by atoms with Crippen molar-refractivity contribution >= 4 is 11.6 Å². The van der Waals surface area contributed by atoms with Gasteiger partial charge < -0.3 is 11.1 Å². The number of nitrogens with zero attached hydrogens (tertiary/aromatic N) is 1. The molecule has 0 radical (unpaired) electrons. The Kier molecular flexibility index (Phi) is 3.13. The molecule has 17 heavy (non-hydrogen) atoms. The van der Waals surface area contributed by atoms with E-state index in [9.17, 15) is 9.18 Å². The fraction of sp³-hybridized carbons (Fsp3) is 0.417. The Hall–Kier alpha value is -1.46. The number of carbonyl (C=O) groups is 1. The highest BCUT2D eigenvalue weighted by atomic mass is 19.1. The molecule has 2 rings (SSSR count). The lowest BCUT2D eigenvalue weighted by Gasteiger charge is -2.44. The van der Waals surface area contributed by atoms with Gasteiger partial charge in [-0.2, -0.15) is 0 Å². The molecule has 0 unspecified atom stereocenters. The van der Waals surface area contributed by atoms with Crippen molar-refractivity contribution in [3.8, 4) is 0 Å². The molecule has 0 atom stereocenters. The molecule has 0 saturated carbocycles. The number of amides is 1. The van der Waals surface area contributed by atoms with Crippen LogP contribution in [0.15, 0.2) is 24.3 Å². The van der Waals surface area contributed by atoms with Crippen molar-refractivity contribution in [2.24, 2.45) is 5.73 Å². The van der Waals surface area contributed by atoms with E-state index in [1.807, 2.05) is 11.8 Å². The predicted octanol–water partition coefficient (Wildman–Crippen LogP) is 0.797. The van der Waals surface area contributed by atoms with Crippen LogP contribution in [0.4, 0.5) is 10.1 Å². The Morgan fingerprint density at radius 2 is 2.29 bits per heavy atom. The lowest BCUT2D eigenvalue weighted by atomic mass is 9.94. The fourth-order valence-electron chi connectivity index (χ4n) is 2.06. The van der Waals surface area contributed by atoms with Gasteiger partial charge in [0.1, 0.15) is 5.82 Å². The number of benzene rings is 1. The van der Waals surface area contributed by atoms with E-state index in [4.69, 9.17) is 5.73 Å². The Balaban J connectivity index is 1.82. The maximum atomic E-state index is 12.9. The predicted molar refractivity (Wildman–Crippen MR) is 64.1 cm³/mol. The summed E-state index contributed by atoms with van der Waals surface area (Å²) >= 11 is 0. The van der Waals surface area contributed by atoms with Gasteiger partial charge in [0.05, 0.1) is 6.54 Å². The van der Waals surface area contributed by atoms with Gasteiger partial charge in [0.2, 0.25) is 5.91 Å². The molecule has 0 aromatic heterocycles. The van der Waals surface area contributed by atoms with Gasteiger partial charge in [-0.25, -0.2) is 4.39 Å². The van der Waals surface area contributed by atoms with E-state index in [0.29, 0.717) is 25.3 Å². The molecule has 1 aromatic carbocycles. The van der Waals surface area contributed by atoms with E-state index in [-0.39, 0.29) is 17.3 Å². The number of rotatable bonds is 3. The minimum atomic E-state index is -0.360. The molecule has 1 aromatic rings. The number of halogens is 1. The van der Waals surface area contributed by atoms with Crippen molar-refractivity contribution in [1.29, 1.82) is 0 Å². The third kappa shape index (κ3) is 3.25. The maximum Gasteiger partial charge on any atom is 0.238 e. The summed E-state index contributed by atoms with van der Waals surface area (Å²) in [5.41, 5.74) is 6.13. The quantitative estimate of drug-likeness (QED) is 0.817. The van der Waals surface area contributed by atoms with Crippen LogP contribution in [-0.2, 0) is 4.79 Å². The van der Waals surface area contributed by atoms with E-state index >= 15 is 0 Å². The van der Waals surface area contributed by atoms with Gasteiger partial charge in [-0.05, 0) is 25.1 Å². The molecule has 92 valence electrons. The van der Waals surface area contributed by atoms with Gasteiger partial charge in [0.25, 0.3) is 0 Å². The summed E-state index contributed by atoms with van der Waals surface area (Å²) in [7, 11) is 0. The number of hydrogen-bond acceptors (Lipinski definition) is 3. The summed E-state index contributed by atoms with van der Waals surface area (Å²) in [4.78, 5) is 13.6. The van der Waals surface area contributed by atoms with Crippen LogP contribution in [0, 0.1) is 5.82 Å². The number of nitrogens with one attached hydrogen (secondary N) is 1. The van der Waals surface area contributed by atoms with E-state index in [1.165, 1.54) is 12.1 Å². The third-order valence-electron chi connectivity index (χ3n) is 2.65. The lowest BCUT2D eigenvalue weighted by molar-refractivity contribution is -0.118. The molecule has 1 heterocycles. The van der Waals surface area contributed by atoms with Crippen LogP contribution < -0.4 is 11.1 Å². The highest BCUT2D eigenvalue weighted by Crippen LogP contribution is 2.16. The highest BCUT2D eigenvalue weighted by molar-refractivity contribution is 5.92. The second-order valence-corrected chi connectivity index (χ2v) is 4.86. The van der Waals surface area contributed by atoms with Crippen LogP contribution in [0.3, 0.4) is 0 Å². The minimum Gasteiger partial charge on any atom is -0.325 e. The van der Waals surface area contributed by atoms with E-state index < -0.39 is 0 Å². The number of hydrogen-bond donors (Lipinski definition) is 2. The summed E-state index contributed by atoms with van der Waals surface area (Å²) in [5, 5.41) is 2.65. The molecule has 1 amide bonds. The second-order valence-electron chi connectivity index (χ2n) is 4.86. The van der Waals surface area contributed by atoms with Crippen molar-refractivity contribution < 1.29 is 9.18 Å². The summed E-state index contributed by atoms with van der Waals surface area (Å²) in [6.45, 7) is 3.67. The van der Waals surface area contributed by atoms with Crippen molar-refractivity contribution in [1.82, 2.24) is 4.90 Å². The standard InChI is InChI=1S/C12H16FN3O/c1-12(14)7-16(8-12)6-11(17)15-10-4-2-3-9(13)5-10/h2-5H,6-8,14H2,1H3,(H,15,17). The van der Waals surface area contributed by atoms with Gasteiger partial charge in [0, 0.05) is 24.3 Å². The normalized spacial score (nSPS) is 18.5. The van der Waals surface area contributed by atoms with Crippen molar-refractivity contribution in [2.75, 3.05) is 25.0 Å². The number of likely N-dealkylation sites (tertiary alicyclic amines) is 1. The third-order valence-corrected chi connectivity index (χ3v) is 2.65. The van der Waals surface area contributed by atoms with Crippen LogP contribution in [0.1, 0.15) is 6.92 Å². The van der Waals surface area contributed by atoms with E-state index in [0.717, 1.165) is 0 Å².